The van der Waals surface area contributed by atoms with Crippen molar-refractivity contribution in [2.75, 3.05) is 5.32 Å². The first kappa shape index (κ1) is 13.8. The van der Waals surface area contributed by atoms with Gasteiger partial charge in [0.1, 0.15) is 10.8 Å². The number of aromatic amines is 1. The van der Waals surface area contributed by atoms with Crippen molar-refractivity contribution in [1.82, 2.24) is 25.0 Å². The molecule has 0 fully saturated rings. The number of H-pyrrole nitrogens is 1. The Labute approximate surface area is 128 Å². The Bertz CT molecular complexity index is 810. The van der Waals surface area contributed by atoms with E-state index in [1.54, 1.807) is 18.4 Å². The number of hydrogen-bond donors (Lipinski definition) is 2. The number of halogens is 1. The van der Waals surface area contributed by atoms with E-state index in [4.69, 9.17) is 11.6 Å². The van der Waals surface area contributed by atoms with Crippen molar-refractivity contribution in [1.29, 1.82) is 0 Å². The highest BCUT2D eigenvalue weighted by molar-refractivity contribution is 7.13. The first-order valence-electron chi connectivity index (χ1n) is 6.06. The van der Waals surface area contributed by atoms with E-state index in [2.05, 4.69) is 25.6 Å². The summed E-state index contributed by atoms with van der Waals surface area (Å²) in [4.78, 5) is 17.0. The van der Waals surface area contributed by atoms with Crippen LogP contribution in [0.4, 0.5) is 5.69 Å². The van der Waals surface area contributed by atoms with Gasteiger partial charge in [-0.15, -0.1) is 11.3 Å². The summed E-state index contributed by atoms with van der Waals surface area (Å²) in [6, 6.07) is 3.90. The fourth-order valence-electron chi connectivity index (χ4n) is 1.70. The molecule has 3 aromatic rings. The van der Waals surface area contributed by atoms with Gasteiger partial charge in [0.15, 0.2) is 5.82 Å². The molecule has 0 saturated heterocycles. The number of aryl methyl sites for hydroxylation is 1. The topological polar surface area (TPSA) is 88.5 Å². The first-order valence-corrected chi connectivity index (χ1v) is 7.32. The Morgan fingerprint density at radius 1 is 1.52 bits per heavy atom. The predicted octanol–water partition coefficient (Wildman–Crippen LogP) is 1.89. The molecule has 3 rings (SSSR count). The van der Waals surface area contributed by atoms with Gasteiger partial charge in [-0.1, -0.05) is 17.7 Å². The molecule has 0 unspecified atom stereocenters. The minimum absolute atomic E-state index is 0.102. The zero-order valence-electron chi connectivity index (χ0n) is 11.0. The van der Waals surface area contributed by atoms with Gasteiger partial charge in [0, 0.05) is 7.05 Å². The van der Waals surface area contributed by atoms with E-state index in [1.165, 1.54) is 10.9 Å². The minimum atomic E-state index is -0.349. The van der Waals surface area contributed by atoms with Crippen LogP contribution in [0.5, 0.6) is 0 Å². The first-order chi connectivity index (χ1) is 10.1. The van der Waals surface area contributed by atoms with E-state index in [0.29, 0.717) is 23.9 Å². The van der Waals surface area contributed by atoms with Crippen LogP contribution in [0, 0.1) is 0 Å². The van der Waals surface area contributed by atoms with Crippen LogP contribution in [0.15, 0.2) is 28.5 Å². The molecule has 0 saturated carbocycles. The van der Waals surface area contributed by atoms with E-state index in [9.17, 15) is 4.79 Å². The van der Waals surface area contributed by atoms with Gasteiger partial charge >= 0.3 is 0 Å². The highest BCUT2D eigenvalue weighted by Crippen LogP contribution is 2.21. The molecule has 0 aliphatic carbocycles. The van der Waals surface area contributed by atoms with Crippen LogP contribution in [-0.2, 0) is 13.6 Å². The van der Waals surface area contributed by atoms with Crippen LogP contribution < -0.4 is 10.9 Å². The predicted molar refractivity (Wildman–Crippen MR) is 81.5 cm³/mol. The summed E-state index contributed by atoms with van der Waals surface area (Å²) >= 11 is 7.54. The Kier molecular flexibility index (Phi) is 3.72. The second-order valence-corrected chi connectivity index (χ2v) is 5.56. The Morgan fingerprint density at radius 3 is 3.14 bits per heavy atom. The lowest BCUT2D eigenvalue weighted by molar-refractivity contribution is 0.708. The quantitative estimate of drug-likeness (QED) is 0.765. The lowest BCUT2D eigenvalue weighted by atomic mass is 10.4. The summed E-state index contributed by atoms with van der Waals surface area (Å²) in [6.07, 6.45) is 1.50. The molecule has 0 amide bonds. The number of nitrogens with one attached hydrogen (secondary N) is 2. The highest BCUT2D eigenvalue weighted by Gasteiger charge is 2.09. The van der Waals surface area contributed by atoms with Gasteiger partial charge in [-0.25, -0.2) is 9.67 Å². The van der Waals surface area contributed by atoms with Crippen LogP contribution in [0.1, 0.15) is 5.82 Å². The minimum Gasteiger partial charge on any atom is -0.375 e. The van der Waals surface area contributed by atoms with Gasteiger partial charge in [0.2, 0.25) is 0 Å². The third-order valence-corrected chi connectivity index (χ3v) is 4.03. The molecule has 0 aliphatic rings. The molecule has 0 bridgehead atoms. The van der Waals surface area contributed by atoms with Crippen LogP contribution in [0.3, 0.4) is 0 Å². The summed E-state index contributed by atoms with van der Waals surface area (Å²) < 4.78 is 1.18. The van der Waals surface area contributed by atoms with E-state index in [1.807, 2.05) is 17.5 Å². The van der Waals surface area contributed by atoms with Gasteiger partial charge in [-0.3, -0.25) is 9.89 Å². The second-order valence-electron chi connectivity index (χ2n) is 4.24. The van der Waals surface area contributed by atoms with Crippen LogP contribution in [0.25, 0.3) is 10.7 Å². The molecule has 21 heavy (non-hydrogen) atoms. The standard InChI is InChI=1S/C12H11ClN6OS/c1-19-12(20)10(13)7(5-15-19)14-6-9-16-11(18-17-9)8-3-2-4-21-8/h2-5,14H,6H2,1H3,(H,16,17,18). The molecule has 2 N–H and O–H groups in total. The number of thiophene rings is 1. The van der Waals surface area contributed by atoms with E-state index in [-0.39, 0.29) is 10.6 Å². The fourth-order valence-corrected chi connectivity index (χ4v) is 2.60. The monoisotopic (exact) mass is 322 g/mol. The molecular formula is C12H11ClN6OS. The molecule has 0 spiro atoms. The van der Waals surface area contributed by atoms with Crippen molar-refractivity contribution < 1.29 is 0 Å². The zero-order valence-corrected chi connectivity index (χ0v) is 12.6. The maximum absolute atomic E-state index is 11.7. The average molecular weight is 323 g/mol. The third-order valence-electron chi connectivity index (χ3n) is 2.80. The Morgan fingerprint density at radius 2 is 2.38 bits per heavy atom. The average Bonchev–Trinajstić information content (AvgIpc) is 3.14. The molecule has 3 aromatic heterocycles. The molecule has 0 radical (unpaired) electrons. The number of rotatable bonds is 4. The van der Waals surface area contributed by atoms with Crippen LogP contribution in [0.2, 0.25) is 5.02 Å². The van der Waals surface area contributed by atoms with E-state index < -0.39 is 0 Å². The molecule has 7 nitrogen and oxygen atoms in total. The maximum Gasteiger partial charge on any atom is 0.287 e. The molecule has 108 valence electrons. The van der Waals surface area contributed by atoms with Crippen molar-refractivity contribution in [3.63, 3.8) is 0 Å². The SMILES string of the molecule is Cn1ncc(NCc2nc(-c3cccs3)n[nH]2)c(Cl)c1=O. The smallest absolute Gasteiger partial charge is 0.287 e. The zero-order chi connectivity index (χ0) is 14.8. The van der Waals surface area contributed by atoms with Gasteiger partial charge in [0.05, 0.1) is 23.3 Å². The van der Waals surface area contributed by atoms with Crippen molar-refractivity contribution in [3.05, 3.63) is 44.9 Å². The largest absolute Gasteiger partial charge is 0.375 e. The van der Waals surface area contributed by atoms with Crippen molar-refractivity contribution >= 4 is 28.6 Å². The van der Waals surface area contributed by atoms with Crippen molar-refractivity contribution in [2.24, 2.45) is 7.05 Å². The summed E-state index contributed by atoms with van der Waals surface area (Å²) in [7, 11) is 1.54. The molecule has 0 aliphatic heterocycles. The maximum atomic E-state index is 11.7. The fraction of sp³-hybridized carbons (Fsp3) is 0.167. The van der Waals surface area contributed by atoms with Crippen LogP contribution in [-0.4, -0.2) is 25.0 Å². The molecule has 9 heteroatoms. The number of aromatic nitrogens is 5. The lowest BCUT2D eigenvalue weighted by Crippen LogP contribution is -2.21. The second kappa shape index (κ2) is 5.66. The number of anilines is 1. The summed E-state index contributed by atoms with van der Waals surface area (Å²) in [5.41, 5.74) is 0.118. The van der Waals surface area contributed by atoms with Crippen molar-refractivity contribution in [3.8, 4) is 10.7 Å². The summed E-state index contributed by atoms with van der Waals surface area (Å²) in [5.74, 6) is 1.30. The van der Waals surface area contributed by atoms with Gasteiger partial charge in [-0.05, 0) is 11.4 Å². The van der Waals surface area contributed by atoms with Gasteiger partial charge < -0.3 is 5.32 Å². The molecule has 0 atom stereocenters. The van der Waals surface area contributed by atoms with Crippen molar-refractivity contribution in [2.45, 2.75) is 6.54 Å². The third kappa shape index (κ3) is 2.81. The highest BCUT2D eigenvalue weighted by atomic mass is 35.5. The summed E-state index contributed by atoms with van der Waals surface area (Å²) in [5, 5.41) is 16.0. The van der Waals surface area contributed by atoms with E-state index >= 15 is 0 Å². The molecular weight excluding hydrogens is 312 g/mol. The molecule has 3 heterocycles. The Balaban J connectivity index is 1.74. The molecule has 0 aromatic carbocycles. The van der Waals surface area contributed by atoms with Gasteiger partial charge in [0.25, 0.3) is 5.56 Å². The van der Waals surface area contributed by atoms with E-state index in [0.717, 1.165) is 4.88 Å². The van der Waals surface area contributed by atoms with Crippen LogP contribution >= 0.6 is 22.9 Å². The van der Waals surface area contributed by atoms with Gasteiger partial charge in [-0.2, -0.15) is 10.2 Å². The number of nitrogens with zero attached hydrogens (tertiary/aromatic N) is 4. The normalized spacial score (nSPS) is 10.8. The number of hydrogen-bond acceptors (Lipinski definition) is 6. The summed E-state index contributed by atoms with van der Waals surface area (Å²) in [6.45, 7) is 0.368. The Hall–Kier alpha value is -2.19. The lowest BCUT2D eigenvalue weighted by Gasteiger charge is -2.06.